The molecule has 1 aliphatic heterocycles. The van der Waals surface area contributed by atoms with Gasteiger partial charge in [-0.2, -0.15) is 0 Å². The van der Waals surface area contributed by atoms with Gasteiger partial charge in [-0.05, 0) is 50.0 Å². The highest BCUT2D eigenvalue weighted by molar-refractivity contribution is 5.73. The molecule has 6 heteroatoms. The molecule has 22 heavy (non-hydrogen) atoms. The van der Waals surface area contributed by atoms with Crippen LogP contribution >= 0.6 is 0 Å². The summed E-state index contributed by atoms with van der Waals surface area (Å²) < 4.78 is 6.70. The van der Waals surface area contributed by atoms with Crippen molar-refractivity contribution in [2.45, 2.75) is 19.3 Å². The van der Waals surface area contributed by atoms with Gasteiger partial charge in [-0.25, -0.2) is 4.79 Å². The number of carboxylic acid groups (broad SMARTS) is 1. The average Bonchev–Trinajstić information content (AvgIpc) is 2.80. The molecule has 0 radical (unpaired) electrons. The smallest absolute Gasteiger partial charge is 0.419 e. The highest BCUT2D eigenvalue weighted by Crippen LogP contribution is 2.19. The third kappa shape index (κ3) is 2.92. The molecule has 0 saturated carbocycles. The Labute approximate surface area is 127 Å². The van der Waals surface area contributed by atoms with Gasteiger partial charge in [-0.1, -0.05) is 6.07 Å². The van der Waals surface area contributed by atoms with Crippen LogP contribution in [0.15, 0.2) is 27.4 Å². The van der Waals surface area contributed by atoms with Crippen molar-refractivity contribution in [1.29, 1.82) is 0 Å². The Bertz CT molecular complexity index is 738. The first kappa shape index (κ1) is 14.8. The summed E-state index contributed by atoms with van der Waals surface area (Å²) in [6, 6.07) is 5.84. The summed E-state index contributed by atoms with van der Waals surface area (Å²) in [7, 11) is 1.69. The zero-order valence-electron chi connectivity index (χ0n) is 12.6. The molecule has 0 aliphatic carbocycles. The summed E-state index contributed by atoms with van der Waals surface area (Å²) in [4.78, 5) is 24.7. The quantitative estimate of drug-likeness (QED) is 0.925. The monoisotopic (exact) mass is 304 g/mol. The van der Waals surface area contributed by atoms with Gasteiger partial charge in [0.2, 0.25) is 0 Å². The first-order valence-electron chi connectivity index (χ1n) is 7.58. The lowest BCUT2D eigenvalue weighted by atomic mass is 9.97. The van der Waals surface area contributed by atoms with Crippen LogP contribution in [0.3, 0.4) is 0 Å². The minimum Gasteiger partial charge on any atom is -0.481 e. The van der Waals surface area contributed by atoms with E-state index in [1.165, 1.54) is 4.57 Å². The van der Waals surface area contributed by atoms with Crippen LogP contribution in [0.2, 0.25) is 0 Å². The lowest BCUT2D eigenvalue weighted by Gasteiger charge is -2.29. The summed E-state index contributed by atoms with van der Waals surface area (Å²) in [5, 5.41) is 9.00. The number of likely N-dealkylation sites (tertiary alicyclic amines) is 1. The van der Waals surface area contributed by atoms with Crippen LogP contribution in [-0.4, -0.2) is 40.2 Å². The van der Waals surface area contributed by atoms with Gasteiger partial charge in [0.05, 0.1) is 11.4 Å². The summed E-state index contributed by atoms with van der Waals surface area (Å²) in [6.45, 7) is 2.56. The van der Waals surface area contributed by atoms with Gasteiger partial charge in [0.1, 0.15) is 0 Å². The predicted molar refractivity (Wildman–Crippen MR) is 82.0 cm³/mol. The van der Waals surface area contributed by atoms with E-state index in [9.17, 15) is 9.59 Å². The maximum Gasteiger partial charge on any atom is 0.419 e. The molecule has 1 saturated heterocycles. The Morgan fingerprint density at radius 2 is 2.09 bits per heavy atom. The number of carboxylic acids is 1. The molecule has 118 valence electrons. The SMILES string of the molecule is Cn1c(=O)oc2cc(CCN3CCC(C(=O)O)CC3)ccc21. The fourth-order valence-electron chi connectivity index (χ4n) is 3.02. The van der Waals surface area contributed by atoms with E-state index in [1.54, 1.807) is 7.05 Å². The van der Waals surface area contributed by atoms with Crippen molar-refractivity contribution >= 4 is 17.1 Å². The maximum atomic E-state index is 11.5. The van der Waals surface area contributed by atoms with Crippen LogP contribution in [0.5, 0.6) is 0 Å². The predicted octanol–water partition coefficient (Wildman–Crippen LogP) is 1.47. The van der Waals surface area contributed by atoms with E-state index in [0.29, 0.717) is 5.58 Å². The minimum absolute atomic E-state index is 0.189. The number of fused-ring (bicyclic) bond motifs is 1. The van der Waals surface area contributed by atoms with Crippen LogP contribution in [0.4, 0.5) is 0 Å². The fourth-order valence-corrected chi connectivity index (χ4v) is 3.02. The van der Waals surface area contributed by atoms with E-state index >= 15 is 0 Å². The number of nitrogens with zero attached hydrogens (tertiary/aromatic N) is 2. The molecule has 0 unspecified atom stereocenters. The van der Waals surface area contributed by atoms with Crippen molar-refractivity contribution in [2.24, 2.45) is 13.0 Å². The van der Waals surface area contributed by atoms with Crippen LogP contribution in [0.1, 0.15) is 18.4 Å². The Kier molecular flexibility index (Phi) is 4.02. The first-order chi connectivity index (χ1) is 10.5. The molecule has 0 bridgehead atoms. The molecule has 1 N–H and O–H groups in total. The summed E-state index contributed by atoms with van der Waals surface area (Å²) in [5.74, 6) is -1.21. The highest BCUT2D eigenvalue weighted by atomic mass is 16.4. The van der Waals surface area contributed by atoms with E-state index in [-0.39, 0.29) is 11.7 Å². The Balaban J connectivity index is 1.60. The summed E-state index contributed by atoms with van der Waals surface area (Å²) in [5.41, 5.74) is 2.55. The van der Waals surface area contributed by atoms with E-state index in [2.05, 4.69) is 4.90 Å². The number of aliphatic carboxylic acids is 1. The van der Waals surface area contributed by atoms with E-state index < -0.39 is 5.97 Å². The van der Waals surface area contributed by atoms with E-state index in [4.69, 9.17) is 9.52 Å². The molecule has 2 heterocycles. The minimum atomic E-state index is -0.677. The van der Waals surface area contributed by atoms with E-state index in [1.807, 2.05) is 18.2 Å². The maximum absolute atomic E-state index is 11.5. The molecule has 1 fully saturated rings. The molecule has 0 spiro atoms. The Morgan fingerprint density at radius 1 is 1.36 bits per heavy atom. The number of piperidine rings is 1. The second-order valence-corrected chi connectivity index (χ2v) is 5.93. The second kappa shape index (κ2) is 5.96. The molecule has 0 atom stereocenters. The number of hydrogen-bond donors (Lipinski definition) is 1. The normalized spacial score (nSPS) is 17.1. The third-order valence-electron chi connectivity index (χ3n) is 4.51. The molecular formula is C16H20N2O4. The zero-order valence-corrected chi connectivity index (χ0v) is 12.6. The van der Waals surface area contributed by atoms with Crippen molar-refractivity contribution in [3.8, 4) is 0 Å². The highest BCUT2D eigenvalue weighted by Gasteiger charge is 2.24. The topological polar surface area (TPSA) is 75.7 Å². The number of carbonyl (C=O) groups is 1. The van der Waals surface area contributed by atoms with Gasteiger partial charge in [0.25, 0.3) is 0 Å². The summed E-state index contributed by atoms with van der Waals surface area (Å²) in [6.07, 6.45) is 2.32. The van der Waals surface area contributed by atoms with Gasteiger partial charge >= 0.3 is 11.7 Å². The number of rotatable bonds is 4. The van der Waals surface area contributed by atoms with Gasteiger partial charge < -0.3 is 14.4 Å². The van der Waals surface area contributed by atoms with E-state index in [0.717, 1.165) is 50.0 Å². The van der Waals surface area contributed by atoms with Crippen molar-refractivity contribution in [3.05, 3.63) is 34.3 Å². The Morgan fingerprint density at radius 3 is 2.77 bits per heavy atom. The van der Waals surface area contributed by atoms with Crippen LogP contribution in [0, 0.1) is 5.92 Å². The lowest BCUT2D eigenvalue weighted by Crippen LogP contribution is -2.37. The van der Waals surface area contributed by atoms with Crippen LogP contribution in [0.25, 0.3) is 11.1 Å². The van der Waals surface area contributed by atoms with Gasteiger partial charge in [-0.15, -0.1) is 0 Å². The number of oxazole rings is 1. The third-order valence-corrected chi connectivity index (χ3v) is 4.51. The first-order valence-corrected chi connectivity index (χ1v) is 7.58. The average molecular weight is 304 g/mol. The van der Waals surface area contributed by atoms with Gasteiger partial charge in [-0.3, -0.25) is 9.36 Å². The number of aryl methyl sites for hydroxylation is 1. The van der Waals surface area contributed by atoms with Gasteiger partial charge in [0.15, 0.2) is 5.58 Å². The molecule has 0 amide bonds. The van der Waals surface area contributed by atoms with Crippen LogP contribution in [-0.2, 0) is 18.3 Å². The van der Waals surface area contributed by atoms with Crippen molar-refractivity contribution < 1.29 is 14.3 Å². The number of benzene rings is 1. The van der Waals surface area contributed by atoms with Crippen molar-refractivity contribution in [3.63, 3.8) is 0 Å². The van der Waals surface area contributed by atoms with Crippen molar-refractivity contribution in [1.82, 2.24) is 9.47 Å². The molecule has 6 nitrogen and oxygen atoms in total. The largest absolute Gasteiger partial charge is 0.481 e. The fraction of sp³-hybridized carbons (Fsp3) is 0.500. The zero-order chi connectivity index (χ0) is 15.7. The standard InChI is InChI=1S/C16H20N2O4/c1-17-13-3-2-11(10-14(13)22-16(17)21)4-7-18-8-5-12(6-9-18)15(19)20/h2-3,10,12H,4-9H2,1H3,(H,19,20). The molecule has 2 aromatic rings. The van der Waals surface area contributed by atoms with Crippen LogP contribution < -0.4 is 5.76 Å². The summed E-state index contributed by atoms with van der Waals surface area (Å²) >= 11 is 0. The second-order valence-electron chi connectivity index (χ2n) is 5.93. The van der Waals surface area contributed by atoms with Crippen molar-refractivity contribution in [2.75, 3.05) is 19.6 Å². The number of aromatic nitrogens is 1. The molecule has 1 aromatic heterocycles. The molecule has 1 aromatic carbocycles. The lowest BCUT2D eigenvalue weighted by molar-refractivity contribution is -0.143. The molecular weight excluding hydrogens is 284 g/mol. The Hall–Kier alpha value is -2.08. The molecule has 3 rings (SSSR count). The number of hydrogen-bond acceptors (Lipinski definition) is 4. The van der Waals surface area contributed by atoms with Gasteiger partial charge in [0, 0.05) is 13.6 Å². The molecule has 1 aliphatic rings.